The van der Waals surface area contributed by atoms with Gasteiger partial charge in [-0.1, -0.05) is 27.5 Å². The van der Waals surface area contributed by atoms with Gasteiger partial charge in [-0.15, -0.1) is 5.10 Å². The molecule has 0 saturated heterocycles. The Morgan fingerprint density at radius 3 is 2.88 bits per heavy atom. The van der Waals surface area contributed by atoms with Crippen LogP contribution in [0.25, 0.3) is 0 Å². The van der Waals surface area contributed by atoms with Gasteiger partial charge in [0.15, 0.2) is 6.61 Å². The molecule has 2 heterocycles. The van der Waals surface area contributed by atoms with Crippen LogP contribution < -0.4 is 20.5 Å². The predicted octanol–water partition coefficient (Wildman–Crippen LogP) is 4.68. The van der Waals surface area contributed by atoms with Gasteiger partial charge < -0.3 is 20.5 Å². The number of fused-ring (bicyclic) bond motifs is 1. The Bertz CT molecular complexity index is 1330. The summed E-state index contributed by atoms with van der Waals surface area (Å²) < 4.78 is 12.3. The standard InChI is InChI=1S/C23H19BrClN5O3/c1-11-7-13(24)3-5-17(11)28-19(31)10-32-18-6-4-14(25)8-15(18)21-16(9-26)22(27)33-23-20(21)12(2)29-30-23/h3-8,21H,10,27H2,1-2H3,(H,28,31)(H,29,30). The number of aromatic nitrogens is 2. The van der Waals surface area contributed by atoms with Gasteiger partial charge in [0.2, 0.25) is 11.8 Å². The summed E-state index contributed by atoms with van der Waals surface area (Å²) in [6, 6.07) is 12.7. The lowest BCUT2D eigenvalue weighted by atomic mass is 9.83. The number of nitrogens with two attached hydrogens (primary N) is 1. The van der Waals surface area contributed by atoms with Crippen LogP contribution in [0.15, 0.2) is 52.3 Å². The number of halogens is 2. The smallest absolute Gasteiger partial charge is 0.262 e. The van der Waals surface area contributed by atoms with Gasteiger partial charge in [-0.2, -0.15) is 5.26 Å². The van der Waals surface area contributed by atoms with Crippen LogP contribution in [0.4, 0.5) is 5.69 Å². The van der Waals surface area contributed by atoms with Gasteiger partial charge in [0.05, 0.1) is 5.92 Å². The maximum Gasteiger partial charge on any atom is 0.262 e. The lowest BCUT2D eigenvalue weighted by Gasteiger charge is -2.25. The molecule has 4 N–H and O–H groups in total. The maximum absolute atomic E-state index is 12.6. The second-order valence-corrected chi connectivity index (χ2v) is 8.82. The number of rotatable bonds is 5. The van der Waals surface area contributed by atoms with E-state index in [9.17, 15) is 10.1 Å². The van der Waals surface area contributed by atoms with Crippen molar-refractivity contribution in [2.24, 2.45) is 5.73 Å². The number of carbonyl (C=O) groups excluding carboxylic acids is 1. The highest BCUT2D eigenvalue weighted by molar-refractivity contribution is 9.10. The molecule has 0 aliphatic carbocycles. The van der Waals surface area contributed by atoms with Crippen molar-refractivity contribution < 1.29 is 14.3 Å². The molecule has 3 aromatic rings. The Hall–Kier alpha value is -3.48. The first-order valence-electron chi connectivity index (χ1n) is 9.89. The molecule has 0 radical (unpaired) electrons. The van der Waals surface area contributed by atoms with Gasteiger partial charge in [-0.25, -0.2) is 0 Å². The molecule has 1 atom stereocenters. The highest BCUT2D eigenvalue weighted by atomic mass is 79.9. The molecular formula is C23H19BrClN5O3. The van der Waals surface area contributed by atoms with E-state index < -0.39 is 5.92 Å². The SMILES string of the molecule is Cc1cc(Br)ccc1NC(=O)COc1ccc(Cl)cc1C1C(C#N)=C(N)Oc2n[nH]c(C)c21. The molecule has 1 aliphatic rings. The van der Waals surface area contributed by atoms with Crippen LogP contribution in [0.5, 0.6) is 11.6 Å². The summed E-state index contributed by atoms with van der Waals surface area (Å²) >= 11 is 9.69. The van der Waals surface area contributed by atoms with Crippen LogP contribution in [0.3, 0.4) is 0 Å². The van der Waals surface area contributed by atoms with Gasteiger partial charge in [0.25, 0.3) is 5.91 Å². The minimum Gasteiger partial charge on any atom is -0.483 e. The molecular weight excluding hydrogens is 510 g/mol. The lowest BCUT2D eigenvalue weighted by Crippen LogP contribution is -2.23. The second-order valence-electron chi connectivity index (χ2n) is 7.47. The van der Waals surface area contributed by atoms with E-state index in [1.807, 2.05) is 32.0 Å². The van der Waals surface area contributed by atoms with E-state index in [-0.39, 0.29) is 29.9 Å². The van der Waals surface area contributed by atoms with Gasteiger partial charge in [0, 0.05) is 32.0 Å². The van der Waals surface area contributed by atoms with Gasteiger partial charge >= 0.3 is 0 Å². The second kappa shape index (κ2) is 9.17. The summed E-state index contributed by atoms with van der Waals surface area (Å²) in [6.07, 6.45) is 0. The third kappa shape index (κ3) is 4.53. The highest BCUT2D eigenvalue weighted by Gasteiger charge is 2.36. The van der Waals surface area contributed by atoms with Crippen molar-refractivity contribution in [1.29, 1.82) is 5.26 Å². The molecule has 168 valence electrons. The van der Waals surface area contributed by atoms with Crippen molar-refractivity contribution in [2.45, 2.75) is 19.8 Å². The number of anilines is 1. The number of allylic oxidation sites excluding steroid dienone is 1. The van der Waals surface area contributed by atoms with Crippen molar-refractivity contribution in [3.8, 4) is 17.7 Å². The van der Waals surface area contributed by atoms with E-state index in [1.165, 1.54) is 0 Å². The molecule has 33 heavy (non-hydrogen) atoms. The zero-order valence-electron chi connectivity index (χ0n) is 17.7. The quantitative estimate of drug-likeness (QED) is 0.441. The number of amides is 1. The average Bonchev–Trinajstić information content (AvgIpc) is 3.13. The Morgan fingerprint density at radius 1 is 1.36 bits per heavy atom. The first-order valence-corrected chi connectivity index (χ1v) is 11.1. The number of carbonyl (C=O) groups is 1. The minimum atomic E-state index is -0.622. The van der Waals surface area contributed by atoms with Crippen molar-refractivity contribution in [1.82, 2.24) is 10.2 Å². The van der Waals surface area contributed by atoms with Crippen molar-refractivity contribution in [3.63, 3.8) is 0 Å². The molecule has 0 fully saturated rings. The van der Waals surface area contributed by atoms with E-state index >= 15 is 0 Å². The third-order valence-corrected chi connectivity index (χ3v) is 5.96. The zero-order chi connectivity index (χ0) is 23.7. The molecule has 4 rings (SSSR count). The molecule has 0 saturated carbocycles. The number of benzene rings is 2. The Morgan fingerprint density at radius 2 is 2.15 bits per heavy atom. The normalized spacial score (nSPS) is 14.8. The van der Waals surface area contributed by atoms with Crippen molar-refractivity contribution in [3.05, 3.63) is 79.7 Å². The summed E-state index contributed by atoms with van der Waals surface area (Å²) in [7, 11) is 0. The fraction of sp³-hybridized carbons (Fsp3) is 0.174. The molecule has 2 aromatic carbocycles. The number of hydrogen-bond acceptors (Lipinski definition) is 6. The molecule has 1 aliphatic heterocycles. The summed E-state index contributed by atoms with van der Waals surface area (Å²) in [4.78, 5) is 12.6. The first-order chi connectivity index (χ1) is 15.8. The third-order valence-electron chi connectivity index (χ3n) is 5.23. The Kier molecular flexibility index (Phi) is 6.31. The first kappa shape index (κ1) is 22.7. The minimum absolute atomic E-state index is 0.0455. The predicted molar refractivity (Wildman–Crippen MR) is 127 cm³/mol. The molecule has 1 unspecified atom stereocenters. The van der Waals surface area contributed by atoms with Gasteiger partial charge in [-0.3, -0.25) is 9.89 Å². The number of nitrogens with zero attached hydrogens (tertiary/aromatic N) is 2. The van der Waals surface area contributed by atoms with Crippen molar-refractivity contribution >= 4 is 39.1 Å². The van der Waals surface area contributed by atoms with Gasteiger partial charge in [-0.05, 0) is 55.8 Å². The summed E-state index contributed by atoms with van der Waals surface area (Å²) in [5, 5.41) is 20.1. The molecule has 0 bridgehead atoms. The van der Waals surface area contributed by atoms with Crippen LogP contribution in [0.1, 0.15) is 28.3 Å². The largest absolute Gasteiger partial charge is 0.483 e. The lowest BCUT2D eigenvalue weighted by molar-refractivity contribution is -0.118. The van der Waals surface area contributed by atoms with Crippen LogP contribution >= 0.6 is 27.5 Å². The molecule has 1 amide bonds. The average molecular weight is 529 g/mol. The fourth-order valence-corrected chi connectivity index (χ4v) is 4.34. The highest BCUT2D eigenvalue weighted by Crippen LogP contribution is 2.46. The van der Waals surface area contributed by atoms with Crippen LogP contribution in [-0.4, -0.2) is 22.7 Å². The Labute approximate surface area is 203 Å². The monoisotopic (exact) mass is 527 g/mol. The van der Waals surface area contributed by atoms with E-state index in [0.29, 0.717) is 33.3 Å². The van der Waals surface area contributed by atoms with Crippen LogP contribution in [-0.2, 0) is 4.79 Å². The number of nitrogens with one attached hydrogen (secondary N) is 2. The summed E-state index contributed by atoms with van der Waals surface area (Å²) in [5.41, 5.74) is 9.75. The number of aromatic amines is 1. The molecule has 1 aromatic heterocycles. The van der Waals surface area contributed by atoms with Crippen LogP contribution in [0, 0.1) is 25.2 Å². The number of aryl methyl sites for hydroxylation is 2. The van der Waals surface area contributed by atoms with E-state index in [1.54, 1.807) is 18.2 Å². The van der Waals surface area contributed by atoms with E-state index in [2.05, 4.69) is 37.5 Å². The number of nitriles is 1. The molecule has 8 nitrogen and oxygen atoms in total. The van der Waals surface area contributed by atoms with E-state index in [0.717, 1.165) is 10.0 Å². The topological polar surface area (TPSA) is 126 Å². The number of hydrogen-bond donors (Lipinski definition) is 3. The molecule has 0 spiro atoms. The number of ether oxygens (including phenoxy) is 2. The van der Waals surface area contributed by atoms with E-state index in [4.69, 9.17) is 26.8 Å². The number of H-pyrrole nitrogens is 1. The fourth-order valence-electron chi connectivity index (χ4n) is 3.68. The van der Waals surface area contributed by atoms with Gasteiger partial charge in [0.1, 0.15) is 17.4 Å². The summed E-state index contributed by atoms with van der Waals surface area (Å²) in [6.45, 7) is 3.47. The zero-order valence-corrected chi connectivity index (χ0v) is 20.0. The van der Waals surface area contributed by atoms with Crippen molar-refractivity contribution in [2.75, 3.05) is 11.9 Å². The molecule has 10 heteroatoms. The Balaban J connectivity index is 1.64. The van der Waals surface area contributed by atoms with Crippen LogP contribution in [0.2, 0.25) is 5.02 Å². The maximum atomic E-state index is 12.6. The summed E-state index contributed by atoms with van der Waals surface area (Å²) in [5.74, 6) is -0.327.